The Morgan fingerprint density at radius 3 is 2.93 bits per heavy atom. The number of halogens is 2. The van der Waals surface area contributed by atoms with Crippen molar-refractivity contribution in [3.63, 3.8) is 0 Å². The van der Waals surface area contributed by atoms with Crippen molar-refractivity contribution in [3.8, 4) is 0 Å². The van der Waals surface area contributed by atoms with E-state index in [9.17, 15) is 4.79 Å². The highest BCUT2D eigenvalue weighted by atomic mass is 35.5. The number of aliphatic carboxylic acids is 1. The van der Waals surface area contributed by atoms with Crippen LogP contribution in [0, 0.1) is 0 Å². The van der Waals surface area contributed by atoms with Crippen LogP contribution in [0.5, 0.6) is 0 Å². The van der Waals surface area contributed by atoms with Crippen LogP contribution >= 0.6 is 34.5 Å². The first-order valence-electron chi connectivity index (χ1n) is 3.28. The van der Waals surface area contributed by atoms with Gasteiger partial charge >= 0.3 is 5.97 Å². The van der Waals surface area contributed by atoms with E-state index in [2.05, 4.69) is 15.0 Å². The van der Waals surface area contributed by atoms with E-state index < -0.39 is 12.6 Å². The molecule has 76 valence electrons. The number of carboxylic acids is 1. The summed E-state index contributed by atoms with van der Waals surface area (Å²) in [6.07, 6.45) is 1.26. The molecule has 0 aliphatic rings. The third kappa shape index (κ3) is 3.49. The Morgan fingerprint density at radius 2 is 2.43 bits per heavy atom. The lowest BCUT2D eigenvalue weighted by Gasteiger charge is -1.90. The van der Waals surface area contributed by atoms with Crippen molar-refractivity contribution in [1.29, 1.82) is 0 Å². The van der Waals surface area contributed by atoms with Crippen LogP contribution < -0.4 is 0 Å². The van der Waals surface area contributed by atoms with Crippen LogP contribution in [-0.4, -0.2) is 28.9 Å². The first-order chi connectivity index (χ1) is 6.59. The number of aromatic nitrogens is 1. The molecule has 0 aromatic carbocycles. The van der Waals surface area contributed by atoms with E-state index in [4.69, 9.17) is 28.3 Å². The molecule has 0 saturated carbocycles. The van der Waals surface area contributed by atoms with Gasteiger partial charge in [-0.1, -0.05) is 39.7 Å². The minimum absolute atomic E-state index is 0.211. The molecular weight excluding hydrogens is 251 g/mol. The molecule has 8 heteroatoms. The maximum Gasteiger partial charge on any atom is 0.344 e. The molecule has 1 N–H and O–H groups in total. The van der Waals surface area contributed by atoms with E-state index in [0.717, 1.165) is 11.3 Å². The van der Waals surface area contributed by atoms with Gasteiger partial charge in [0.2, 0.25) is 6.61 Å². The van der Waals surface area contributed by atoms with Gasteiger partial charge in [0.25, 0.3) is 0 Å². The van der Waals surface area contributed by atoms with E-state index in [-0.39, 0.29) is 9.62 Å². The van der Waals surface area contributed by atoms with Gasteiger partial charge in [0.1, 0.15) is 0 Å². The maximum absolute atomic E-state index is 10.0. The van der Waals surface area contributed by atoms with Crippen LogP contribution in [0.2, 0.25) is 9.62 Å². The van der Waals surface area contributed by atoms with Gasteiger partial charge in [-0.2, -0.15) is 0 Å². The van der Waals surface area contributed by atoms with E-state index in [1.54, 1.807) is 0 Å². The fourth-order valence-electron chi connectivity index (χ4n) is 0.545. The third-order valence-corrected chi connectivity index (χ3v) is 2.51. The van der Waals surface area contributed by atoms with Gasteiger partial charge in [-0.15, -0.1) is 0 Å². The van der Waals surface area contributed by atoms with Crippen molar-refractivity contribution in [2.24, 2.45) is 5.16 Å². The number of carbonyl (C=O) groups is 1. The zero-order chi connectivity index (χ0) is 10.6. The fourth-order valence-corrected chi connectivity index (χ4v) is 1.77. The SMILES string of the molecule is O=C(O)CON=Cc1sc(Cl)nc1Cl. The Morgan fingerprint density at radius 1 is 1.71 bits per heavy atom. The molecule has 0 atom stereocenters. The molecule has 0 aliphatic heterocycles. The molecule has 5 nitrogen and oxygen atoms in total. The average molecular weight is 255 g/mol. The molecule has 0 aliphatic carbocycles. The molecule has 0 unspecified atom stereocenters. The summed E-state index contributed by atoms with van der Waals surface area (Å²) >= 11 is 12.3. The Kier molecular flexibility index (Phi) is 4.12. The van der Waals surface area contributed by atoms with Crippen LogP contribution in [0.4, 0.5) is 0 Å². The number of oxime groups is 1. The summed E-state index contributed by atoms with van der Waals surface area (Å²) in [5.41, 5.74) is 0. The van der Waals surface area contributed by atoms with Crippen LogP contribution in [-0.2, 0) is 9.63 Å². The van der Waals surface area contributed by atoms with Gasteiger partial charge < -0.3 is 9.94 Å². The summed E-state index contributed by atoms with van der Waals surface area (Å²) in [6.45, 7) is -0.499. The quantitative estimate of drug-likeness (QED) is 0.658. The highest BCUT2D eigenvalue weighted by molar-refractivity contribution is 7.17. The molecule has 0 radical (unpaired) electrons. The van der Waals surface area contributed by atoms with E-state index >= 15 is 0 Å². The van der Waals surface area contributed by atoms with Crippen LogP contribution in [0.3, 0.4) is 0 Å². The molecule has 14 heavy (non-hydrogen) atoms. The number of thiazole rings is 1. The second-order valence-electron chi connectivity index (χ2n) is 2.02. The first kappa shape index (κ1) is 11.2. The smallest absolute Gasteiger partial charge is 0.344 e. The van der Waals surface area contributed by atoms with Crippen molar-refractivity contribution in [1.82, 2.24) is 4.98 Å². The van der Waals surface area contributed by atoms with Gasteiger partial charge in [-0.05, 0) is 0 Å². The van der Waals surface area contributed by atoms with E-state index in [0.29, 0.717) is 4.88 Å². The lowest BCUT2D eigenvalue weighted by Crippen LogP contribution is -2.03. The van der Waals surface area contributed by atoms with E-state index in [1.807, 2.05) is 0 Å². The minimum Gasteiger partial charge on any atom is -0.479 e. The van der Waals surface area contributed by atoms with E-state index in [1.165, 1.54) is 6.21 Å². The summed E-state index contributed by atoms with van der Waals surface area (Å²) in [5.74, 6) is -1.10. The number of rotatable bonds is 4. The monoisotopic (exact) mass is 254 g/mol. The number of hydrogen-bond donors (Lipinski definition) is 1. The molecular formula is C6H4Cl2N2O3S. The van der Waals surface area contributed by atoms with Gasteiger partial charge in [0.15, 0.2) is 9.62 Å². The topological polar surface area (TPSA) is 71.8 Å². The van der Waals surface area contributed by atoms with Gasteiger partial charge in [-0.3, -0.25) is 0 Å². The summed E-state index contributed by atoms with van der Waals surface area (Å²) < 4.78 is 0.287. The standard InChI is InChI=1S/C6H4Cl2N2O3S/c7-5-3(14-6(8)10-5)1-9-13-2-4(11)12/h1H,2H2,(H,11,12). The van der Waals surface area contributed by atoms with Gasteiger partial charge in [-0.25, -0.2) is 9.78 Å². The number of carboxylic acid groups (broad SMARTS) is 1. The summed E-state index contributed by atoms with van der Waals surface area (Å²) in [5, 5.41) is 11.8. The van der Waals surface area contributed by atoms with Crippen molar-refractivity contribution in [2.45, 2.75) is 0 Å². The second-order valence-corrected chi connectivity index (χ2v) is 3.99. The zero-order valence-electron chi connectivity index (χ0n) is 6.61. The first-order valence-corrected chi connectivity index (χ1v) is 4.86. The molecule has 1 rings (SSSR count). The highest BCUT2D eigenvalue weighted by Crippen LogP contribution is 2.24. The van der Waals surface area contributed by atoms with Crippen molar-refractivity contribution in [2.75, 3.05) is 6.61 Å². The predicted molar refractivity (Wildman–Crippen MR) is 53.3 cm³/mol. The lowest BCUT2D eigenvalue weighted by molar-refractivity contribution is -0.142. The largest absolute Gasteiger partial charge is 0.479 e. The Bertz CT molecular complexity index is 366. The third-order valence-electron chi connectivity index (χ3n) is 1.02. The highest BCUT2D eigenvalue weighted by Gasteiger charge is 2.04. The number of hydrogen-bond acceptors (Lipinski definition) is 5. The van der Waals surface area contributed by atoms with Crippen molar-refractivity contribution >= 4 is 46.7 Å². The van der Waals surface area contributed by atoms with Crippen LogP contribution in [0.1, 0.15) is 4.88 Å². The Labute approximate surface area is 92.9 Å². The normalized spacial score (nSPS) is 10.7. The zero-order valence-corrected chi connectivity index (χ0v) is 8.94. The molecule has 0 fully saturated rings. The lowest BCUT2D eigenvalue weighted by atomic mass is 10.6. The van der Waals surface area contributed by atoms with Crippen molar-refractivity contribution < 1.29 is 14.7 Å². The average Bonchev–Trinajstić information content (AvgIpc) is 2.39. The fraction of sp³-hybridized carbons (Fsp3) is 0.167. The summed E-state index contributed by atoms with van der Waals surface area (Å²) in [4.78, 5) is 18.7. The van der Waals surface area contributed by atoms with Crippen LogP contribution in [0.25, 0.3) is 0 Å². The minimum atomic E-state index is -1.10. The molecule has 0 amide bonds. The second kappa shape index (κ2) is 5.14. The van der Waals surface area contributed by atoms with Crippen molar-refractivity contribution in [3.05, 3.63) is 14.5 Å². The Hall–Kier alpha value is -0.850. The molecule has 0 spiro atoms. The molecule has 1 heterocycles. The number of nitrogens with zero attached hydrogens (tertiary/aromatic N) is 2. The predicted octanol–water partition coefficient (Wildman–Crippen LogP) is 1.89. The molecule has 0 saturated heterocycles. The Balaban J connectivity index is 2.51. The maximum atomic E-state index is 10.0. The molecule has 1 aromatic heterocycles. The van der Waals surface area contributed by atoms with Crippen LogP contribution in [0.15, 0.2) is 5.16 Å². The summed E-state index contributed by atoms with van der Waals surface area (Å²) in [7, 11) is 0. The molecule has 0 bridgehead atoms. The van der Waals surface area contributed by atoms with Gasteiger partial charge in [0, 0.05) is 0 Å². The van der Waals surface area contributed by atoms with Gasteiger partial charge in [0.05, 0.1) is 11.1 Å². The summed E-state index contributed by atoms with van der Waals surface area (Å²) in [6, 6.07) is 0. The molecule has 1 aromatic rings.